The average molecular weight is 318 g/mol. The summed E-state index contributed by atoms with van der Waals surface area (Å²) in [4.78, 5) is 12.2. The second-order valence-corrected chi connectivity index (χ2v) is 6.35. The molecule has 1 aromatic heterocycles. The monoisotopic (exact) mass is 318 g/mol. The molecule has 0 aliphatic rings. The second-order valence-electron chi connectivity index (χ2n) is 6.35. The quantitative estimate of drug-likeness (QED) is 0.886. The third kappa shape index (κ3) is 3.96. The number of carbonyl (C=O) groups excluding carboxylic acids is 1. The Morgan fingerprint density at radius 1 is 1.30 bits per heavy atom. The van der Waals surface area contributed by atoms with Crippen molar-refractivity contribution in [3.05, 3.63) is 47.0 Å². The summed E-state index contributed by atoms with van der Waals surface area (Å²) in [6, 6.07) is 6.11. The molecule has 0 fully saturated rings. The van der Waals surface area contributed by atoms with E-state index in [1.54, 1.807) is 16.8 Å². The predicted octanol–water partition coefficient (Wildman–Crippen LogP) is 2.02. The summed E-state index contributed by atoms with van der Waals surface area (Å²) in [7, 11) is 0. The van der Waals surface area contributed by atoms with Gasteiger partial charge in [0, 0.05) is 23.3 Å². The normalized spacial score (nSPS) is 11.6. The van der Waals surface area contributed by atoms with E-state index in [1.807, 2.05) is 27.7 Å². The number of aryl methyl sites for hydroxylation is 1. The minimum atomic E-state index is -0.439. The van der Waals surface area contributed by atoms with Gasteiger partial charge in [-0.1, -0.05) is 0 Å². The first-order valence-corrected chi connectivity index (χ1v) is 7.55. The van der Waals surface area contributed by atoms with E-state index >= 15 is 0 Å². The number of benzene rings is 1. The molecular formula is C17H23FN4O. The van der Waals surface area contributed by atoms with Crippen LogP contribution in [0.25, 0.3) is 5.69 Å². The summed E-state index contributed by atoms with van der Waals surface area (Å²) < 4.78 is 14.8. The summed E-state index contributed by atoms with van der Waals surface area (Å²) in [5.41, 5.74) is 8.49. The number of amides is 1. The lowest BCUT2D eigenvalue weighted by Crippen LogP contribution is -2.49. The molecule has 0 aliphatic carbocycles. The number of nitrogens with one attached hydrogen (secondary N) is 1. The number of aromatic nitrogens is 2. The lowest BCUT2D eigenvalue weighted by atomic mass is 10.0. The molecule has 2 rings (SSSR count). The fourth-order valence-electron chi connectivity index (χ4n) is 2.40. The molecular weight excluding hydrogens is 295 g/mol. The molecule has 0 atom stereocenters. The van der Waals surface area contributed by atoms with Gasteiger partial charge in [0.1, 0.15) is 5.82 Å². The van der Waals surface area contributed by atoms with Crippen LogP contribution in [0.15, 0.2) is 24.3 Å². The zero-order valence-corrected chi connectivity index (χ0v) is 14.0. The van der Waals surface area contributed by atoms with Crippen LogP contribution in [0.4, 0.5) is 4.39 Å². The van der Waals surface area contributed by atoms with E-state index in [2.05, 4.69) is 10.4 Å². The Balaban J connectivity index is 2.24. The molecule has 0 aliphatic heterocycles. The zero-order valence-electron chi connectivity index (χ0n) is 14.0. The summed E-state index contributed by atoms with van der Waals surface area (Å²) in [6.07, 6.45) is 0.238. The molecule has 0 unspecified atom stereocenters. The van der Waals surface area contributed by atoms with Crippen LogP contribution in [-0.4, -0.2) is 27.8 Å². The molecule has 3 N–H and O–H groups in total. The lowest BCUT2D eigenvalue weighted by molar-refractivity contribution is -0.121. The summed E-state index contributed by atoms with van der Waals surface area (Å²) in [5.74, 6) is -0.385. The minimum Gasteiger partial charge on any atom is -0.350 e. The smallest absolute Gasteiger partial charge is 0.225 e. The SMILES string of the molecule is Cc1nn(-c2ccc(F)cc2)c(C)c1CC(=O)NC(C)(C)CN. The number of nitrogens with zero attached hydrogens (tertiary/aromatic N) is 2. The molecule has 5 nitrogen and oxygen atoms in total. The summed E-state index contributed by atoms with van der Waals surface area (Å²) in [5, 5.41) is 7.38. The molecule has 1 amide bonds. The van der Waals surface area contributed by atoms with E-state index in [1.165, 1.54) is 12.1 Å². The van der Waals surface area contributed by atoms with Crippen molar-refractivity contribution in [2.24, 2.45) is 5.73 Å². The summed E-state index contributed by atoms with van der Waals surface area (Å²) in [6.45, 7) is 7.90. The van der Waals surface area contributed by atoms with Crippen LogP contribution in [0.3, 0.4) is 0 Å². The third-order valence-electron chi connectivity index (χ3n) is 3.84. The molecule has 6 heteroatoms. The van der Waals surface area contributed by atoms with Gasteiger partial charge in [-0.2, -0.15) is 5.10 Å². The molecule has 1 aromatic carbocycles. The molecule has 0 spiro atoms. The van der Waals surface area contributed by atoms with Crippen LogP contribution in [0.2, 0.25) is 0 Å². The maximum atomic E-state index is 13.1. The molecule has 1 heterocycles. The van der Waals surface area contributed by atoms with E-state index < -0.39 is 5.54 Å². The van der Waals surface area contributed by atoms with Gasteiger partial charge in [-0.05, 0) is 52.0 Å². The number of nitrogens with two attached hydrogens (primary N) is 1. The van der Waals surface area contributed by atoms with Crippen molar-refractivity contribution < 1.29 is 9.18 Å². The highest BCUT2D eigenvalue weighted by molar-refractivity contribution is 5.79. The van der Waals surface area contributed by atoms with Crippen molar-refractivity contribution in [3.8, 4) is 5.69 Å². The highest BCUT2D eigenvalue weighted by Gasteiger charge is 2.21. The van der Waals surface area contributed by atoms with E-state index in [9.17, 15) is 9.18 Å². The number of rotatable bonds is 5. The van der Waals surface area contributed by atoms with Crippen molar-refractivity contribution in [2.75, 3.05) is 6.54 Å². The predicted molar refractivity (Wildman–Crippen MR) is 88.0 cm³/mol. The van der Waals surface area contributed by atoms with Gasteiger partial charge < -0.3 is 11.1 Å². The minimum absolute atomic E-state index is 0.0923. The molecule has 0 radical (unpaired) electrons. The van der Waals surface area contributed by atoms with Gasteiger partial charge in [-0.25, -0.2) is 9.07 Å². The van der Waals surface area contributed by atoms with Crippen LogP contribution in [-0.2, 0) is 11.2 Å². The molecule has 23 heavy (non-hydrogen) atoms. The van der Waals surface area contributed by atoms with E-state index in [4.69, 9.17) is 5.73 Å². The standard InChI is InChI=1S/C17H23FN4O/c1-11-15(9-16(23)20-17(3,4)10-19)12(2)22(21-11)14-7-5-13(18)6-8-14/h5-8H,9-10,19H2,1-4H3,(H,20,23). The first-order valence-electron chi connectivity index (χ1n) is 7.55. The van der Waals surface area contributed by atoms with Gasteiger partial charge in [0.05, 0.1) is 17.8 Å². The molecule has 0 saturated carbocycles. The highest BCUT2D eigenvalue weighted by atomic mass is 19.1. The maximum Gasteiger partial charge on any atom is 0.225 e. The highest BCUT2D eigenvalue weighted by Crippen LogP contribution is 2.19. The largest absolute Gasteiger partial charge is 0.350 e. The van der Waals surface area contributed by atoms with Crippen LogP contribution >= 0.6 is 0 Å². The maximum absolute atomic E-state index is 13.1. The Morgan fingerprint density at radius 3 is 2.48 bits per heavy atom. The van der Waals surface area contributed by atoms with Gasteiger partial charge in [-0.15, -0.1) is 0 Å². The third-order valence-corrected chi connectivity index (χ3v) is 3.84. The van der Waals surface area contributed by atoms with Crippen LogP contribution < -0.4 is 11.1 Å². The number of carbonyl (C=O) groups is 1. The van der Waals surface area contributed by atoms with Crippen molar-refractivity contribution in [3.63, 3.8) is 0 Å². The zero-order chi connectivity index (χ0) is 17.2. The molecule has 124 valence electrons. The van der Waals surface area contributed by atoms with Gasteiger partial charge in [0.2, 0.25) is 5.91 Å². The van der Waals surface area contributed by atoms with Crippen molar-refractivity contribution in [1.82, 2.24) is 15.1 Å². The topological polar surface area (TPSA) is 72.9 Å². The fourth-order valence-corrected chi connectivity index (χ4v) is 2.40. The van der Waals surface area contributed by atoms with Crippen LogP contribution in [0, 0.1) is 19.7 Å². The van der Waals surface area contributed by atoms with E-state index in [-0.39, 0.29) is 18.1 Å². The Hall–Kier alpha value is -2.21. The van der Waals surface area contributed by atoms with Crippen LogP contribution in [0.1, 0.15) is 30.8 Å². The first-order chi connectivity index (χ1) is 10.7. The number of halogens is 1. The Morgan fingerprint density at radius 2 is 1.91 bits per heavy atom. The molecule has 0 saturated heterocycles. The number of hydrogen-bond donors (Lipinski definition) is 2. The Labute approximate surface area is 135 Å². The van der Waals surface area contributed by atoms with Gasteiger partial charge in [0.25, 0.3) is 0 Å². The fraction of sp³-hybridized carbons (Fsp3) is 0.412. The van der Waals surface area contributed by atoms with Crippen LogP contribution in [0.5, 0.6) is 0 Å². The van der Waals surface area contributed by atoms with E-state index in [0.29, 0.717) is 6.54 Å². The lowest BCUT2D eigenvalue weighted by Gasteiger charge is -2.24. The Kier molecular flexibility index (Phi) is 4.85. The van der Waals surface area contributed by atoms with Crippen molar-refractivity contribution in [1.29, 1.82) is 0 Å². The number of hydrogen-bond acceptors (Lipinski definition) is 3. The first kappa shape index (κ1) is 17.1. The summed E-state index contributed by atoms with van der Waals surface area (Å²) >= 11 is 0. The molecule has 0 bridgehead atoms. The second kappa shape index (κ2) is 6.50. The van der Waals surface area contributed by atoms with Crippen molar-refractivity contribution in [2.45, 2.75) is 39.7 Å². The Bertz CT molecular complexity index is 704. The van der Waals surface area contributed by atoms with Gasteiger partial charge in [-0.3, -0.25) is 4.79 Å². The molecule has 2 aromatic rings. The van der Waals surface area contributed by atoms with E-state index in [0.717, 1.165) is 22.6 Å². The van der Waals surface area contributed by atoms with Gasteiger partial charge in [0.15, 0.2) is 0 Å². The van der Waals surface area contributed by atoms with Crippen molar-refractivity contribution >= 4 is 5.91 Å². The van der Waals surface area contributed by atoms with Gasteiger partial charge >= 0.3 is 0 Å². The average Bonchev–Trinajstić information content (AvgIpc) is 2.76.